The molecular formula is C20H14N2O6. The van der Waals surface area contributed by atoms with Crippen molar-refractivity contribution in [2.75, 3.05) is 7.11 Å². The average Bonchev–Trinajstić information content (AvgIpc) is 3.18. The summed E-state index contributed by atoms with van der Waals surface area (Å²) in [4.78, 5) is 28.0. The first kappa shape index (κ1) is 17.5. The molecule has 0 fully saturated rings. The van der Waals surface area contributed by atoms with Crippen molar-refractivity contribution in [3.63, 3.8) is 0 Å². The van der Waals surface area contributed by atoms with Gasteiger partial charge in [0.05, 0.1) is 7.11 Å². The molecule has 4 aromatic rings. The number of methoxy groups -OCH3 is 1. The zero-order valence-electron chi connectivity index (χ0n) is 15.0. The molecule has 0 aliphatic carbocycles. The van der Waals surface area contributed by atoms with Gasteiger partial charge in [0.1, 0.15) is 11.3 Å². The fourth-order valence-electron chi connectivity index (χ4n) is 2.69. The van der Waals surface area contributed by atoms with E-state index in [9.17, 15) is 9.59 Å². The van der Waals surface area contributed by atoms with Crippen molar-refractivity contribution >= 4 is 16.9 Å². The van der Waals surface area contributed by atoms with Gasteiger partial charge in [0.15, 0.2) is 11.3 Å². The second kappa shape index (κ2) is 6.99. The number of hydrogen-bond donors (Lipinski definition) is 0. The van der Waals surface area contributed by atoms with Gasteiger partial charge in [-0.25, -0.2) is 4.79 Å². The summed E-state index contributed by atoms with van der Waals surface area (Å²) in [6.45, 7) is 1.27. The van der Waals surface area contributed by atoms with E-state index in [0.717, 1.165) is 0 Å². The molecule has 0 radical (unpaired) electrons. The Kier molecular flexibility index (Phi) is 4.36. The smallest absolute Gasteiger partial charge is 0.349 e. The van der Waals surface area contributed by atoms with Crippen LogP contribution in [-0.2, 0) is 4.79 Å². The van der Waals surface area contributed by atoms with Gasteiger partial charge >= 0.3 is 11.6 Å². The van der Waals surface area contributed by atoms with E-state index in [1.54, 1.807) is 55.6 Å². The maximum Gasteiger partial charge on any atom is 0.349 e. The Hall–Kier alpha value is -3.94. The third-order valence-corrected chi connectivity index (χ3v) is 3.98. The van der Waals surface area contributed by atoms with Crippen molar-refractivity contribution in [3.8, 4) is 34.3 Å². The van der Waals surface area contributed by atoms with Crippen LogP contribution in [0, 0.1) is 0 Å². The Morgan fingerprint density at radius 3 is 2.61 bits per heavy atom. The third kappa shape index (κ3) is 3.23. The molecule has 0 atom stereocenters. The fraction of sp³-hybridized carbons (Fsp3) is 0.100. The molecule has 0 unspecified atom stereocenters. The van der Waals surface area contributed by atoms with E-state index < -0.39 is 11.6 Å². The third-order valence-electron chi connectivity index (χ3n) is 3.98. The van der Waals surface area contributed by atoms with Crippen LogP contribution in [0.25, 0.3) is 33.8 Å². The molecule has 2 aromatic carbocycles. The Bertz CT molecular complexity index is 1220. The Morgan fingerprint density at radius 1 is 1.11 bits per heavy atom. The lowest BCUT2D eigenvalue weighted by molar-refractivity contribution is -0.131. The van der Waals surface area contributed by atoms with E-state index in [2.05, 4.69) is 10.1 Å². The minimum Gasteiger partial charge on any atom is -0.497 e. The number of nitrogens with zero attached hydrogens (tertiary/aromatic N) is 2. The number of esters is 1. The lowest BCUT2D eigenvalue weighted by Gasteiger charge is -2.04. The normalized spacial score (nSPS) is 10.8. The largest absolute Gasteiger partial charge is 0.497 e. The molecule has 0 saturated carbocycles. The Balaban J connectivity index is 1.75. The van der Waals surface area contributed by atoms with Crippen molar-refractivity contribution in [1.82, 2.24) is 10.1 Å². The summed E-state index contributed by atoms with van der Waals surface area (Å²) in [5.41, 5.74) is 0.302. The predicted molar refractivity (Wildman–Crippen MR) is 99.1 cm³/mol. The van der Waals surface area contributed by atoms with Crippen LogP contribution in [0.4, 0.5) is 0 Å². The summed E-state index contributed by atoms with van der Waals surface area (Å²) in [5.74, 6) is 0.703. The first-order valence-corrected chi connectivity index (χ1v) is 8.29. The van der Waals surface area contributed by atoms with E-state index in [1.165, 1.54) is 6.92 Å². The number of benzene rings is 2. The second-order valence-corrected chi connectivity index (χ2v) is 5.87. The van der Waals surface area contributed by atoms with E-state index >= 15 is 0 Å². The minimum absolute atomic E-state index is 0.0272. The van der Waals surface area contributed by atoms with Crippen LogP contribution in [0.15, 0.2) is 62.3 Å². The highest BCUT2D eigenvalue weighted by Gasteiger charge is 2.18. The molecule has 2 heterocycles. The highest BCUT2D eigenvalue weighted by Crippen LogP contribution is 2.28. The summed E-state index contributed by atoms with van der Waals surface area (Å²) >= 11 is 0. The van der Waals surface area contributed by atoms with Crippen LogP contribution >= 0.6 is 0 Å². The molecule has 0 aliphatic heterocycles. The number of carbonyl (C=O) groups is 1. The highest BCUT2D eigenvalue weighted by atomic mass is 16.5. The molecule has 0 amide bonds. The van der Waals surface area contributed by atoms with Crippen molar-refractivity contribution in [3.05, 3.63) is 59.0 Å². The van der Waals surface area contributed by atoms with Crippen molar-refractivity contribution in [2.24, 2.45) is 0 Å². The zero-order chi connectivity index (χ0) is 19.7. The molecule has 0 saturated heterocycles. The number of carbonyl (C=O) groups excluding carboxylic acids is 1. The SMILES string of the molecule is COc1ccc(-c2noc(-c3cc4cccc(OC(C)=O)c4oc3=O)n2)cc1. The Labute approximate surface area is 158 Å². The Morgan fingerprint density at radius 2 is 1.89 bits per heavy atom. The number of rotatable bonds is 4. The van der Waals surface area contributed by atoms with E-state index in [-0.39, 0.29) is 22.8 Å². The lowest BCUT2D eigenvalue weighted by atomic mass is 10.1. The maximum atomic E-state index is 12.4. The van der Waals surface area contributed by atoms with Crippen molar-refractivity contribution in [2.45, 2.75) is 6.92 Å². The number of fused-ring (bicyclic) bond motifs is 1. The maximum absolute atomic E-state index is 12.4. The summed E-state index contributed by atoms with van der Waals surface area (Å²) in [5, 5.41) is 4.47. The van der Waals surface area contributed by atoms with Gasteiger partial charge in [0, 0.05) is 17.9 Å². The van der Waals surface area contributed by atoms with Crippen LogP contribution in [0.3, 0.4) is 0 Å². The van der Waals surface area contributed by atoms with Gasteiger partial charge < -0.3 is 18.4 Å². The molecule has 4 rings (SSSR count). The summed E-state index contributed by atoms with van der Waals surface area (Å²) < 4.78 is 20.8. The van der Waals surface area contributed by atoms with E-state index in [1.807, 2.05) is 0 Å². The summed E-state index contributed by atoms with van der Waals surface area (Å²) in [6, 6.07) is 13.6. The van der Waals surface area contributed by atoms with Gasteiger partial charge in [-0.3, -0.25) is 4.79 Å². The summed E-state index contributed by atoms with van der Waals surface area (Å²) in [6.07, 6.45) is 0. The first-order valence-electron chi connectivity index (χ1n) is 8.29. The van der Waals surface area contributed by atoms with Crippen LogP contribution < -0.4 is 15.1 Å². The molecule has 8 nitrogen and oxygen atoms in total. The van der Waals surface area contributed by atoms with Crippen LogP contribution in [-0.4, -0.2) is 23.2 Å². The van der Waals surface area contributed by atoms with Gasteiger partial charge in [0.25, 0.3) is 5.89 Å². The number of hydrogen-bond acceptors (Lipinski definition) is 8. The average molecular weight is 378 g/mol. The van der Waals surface area contributed by atoms with Gasteiger partial charge in [-0.05, 0) is 36.4 Å². The van der Waals surface area contributed by atoms with Gasteiger partial charge in [-0.1, -0.05) is 17.3 Å². The topological polar surface area (TPSA) is 105 Å². The molecule has 2 aromatic heterocycles. The highest BCUT2D eigenvalue weighted by molar-refractivity contribution is 5.87. The van der Waals surface area contributed by atoms with E-state index in [4.69, 9.17) is 18.4 Å². The van der Waals surface area contributed by atoms with E-state index in [0.29, 0.717) is 22.5 Å². The van der Waals surface area contributed by atoms with Gasteiger partial charge in [-0.15, -0.1) is 0 Å². The quantitative estimate of drug-likeness (QED) is 0.302. The van der Waals surface area contributed by atoms with Gasteiger partial charge in [-0.2, -0.15) is 4.98 Å². The van der Waals surface area contributed by atoms with Gasteiger partial charge in [0.2, 0.25) is 5.82 Å². The molecule has 0 spiro atoms. The fourth-order valence-corrected chi connectivity index (χ4v) is 2.69. The molecular weight excluding hydrogens is 364 g/mol. The number of aromatic nitrogens is 2. The molecule has 0 aliphatic rings. The molecule has 28 heavy (non-hydrogen) atoms. The van der Waals surface area contributed by atoms with Crippen LogP contribution in [0.2, 0.25) is 0 Å². The van der Waals surface area contributed by atoms with Crippen LogP contribution in [0.1, 0.15) is 6.92 Å². The van der Waals surface area contributed by atoms with Crippen molar-refractivity contribution in [1.29, 1.82) is 0 Å². The molecule has 0 N–H and O–H groups in total. The predicted octanol–water partition coefficient (Wildman–Crippen LogP) is 3.44. The standard InChI is InChI=1S/C20H14N2O6/c1-11(23)26-16-5-3-4-13-10-15(20(24)27-17(13)16)19-21-18(22-28-19)12-6-8-14(25-2)9-7-12/h3-10H,1-2H3. The lowest BCUT2D eigenvalue weighted by Crippen LogP contribution is -2.06. The monoisotopic (exact) mass is 378 g/mol. The molecule has 0 bridgehead atoms. The zero-order valence-corrected chi connectivity index (χ0v) is 15.0. The second-order valence-electron chi connectivity index (χ2n) is 5.87. The number of ether oxygens (including phenoxy) is 2. The van der Waals surface area contributed by atoms with Crippen LogP contribution in [0.5, 0.6) is 11.5 Å². The van der Waals surface area contributed by atoms with Crippen molar-refractivity contribution < 1.29 is 23.2 Å². The molecule has 8 heteroatoms. The summed E-state index contributed by atoms with van der Waals surface area (Å²) in [7, 11) is 1.58. The molecule has 140 valence electrons. The minimum atomic E-state index is -0.683. The number of para-hydroxylation sites is 1. The first-order chi connectivity index (χ1) is 13.5.